The van der Waals surface area contributed by atoms with Gasteiger partial charge in [-0.1, -0.05) is 54.6 Å². The summed E-state index contributed by atoms with van der Waals surface area (Å²) in [5, 5.41) is 29.4. The van der Waals surface area contributed by atoms with E-state index in [4.69, 9.17) is 5.11 Å². The van der Waals surface area contributed by atoms with E-state index in [1.807, 2.05) is 30.1 Å². The van der Waals surface area contributed by atoms with Crippen molar-refractivity contribution in [2.45, 2.75) is 31.8 Å². The summed E-state index contributed by atoms with van der Waals surface area (Å²) in [6.45, 7) is 1.25. The van der Waals surface area contributed by atoms with Gasteiger partial charge in [-0.2, -0.15) is 0 Å². The third-order valence-electron chi connectivity index (χ3n) is 3.86. The maximum Gasteiger partial charge on any atom is 0.0815 e. The summed E-state index contributed by atoms with van der Waals surface area (Å²) in [6, 6.07) is 17.2. The van der Waals surface area contributed by atoms with Gasteiger partial charge in [0.2, 0.25) is 0 Å². The molecule has 124 valence electrons. The van der Waals surface area contributed by atoms with Crippen LogP contribution in [-0.4, -0.2) is 39.9 Å². The van der Waals surface area contributed by atoms with Crippen molar-refractivity contribution in [1.82, 2.24) is 4.90 Å². The Balaban J connectivity index is 1.81. The van der Waals surface area contributed by atoms with Crippen LogP contribution in [0.15, 0.2) is 54.6 Å². The molecule has 2 aromatic carbocycles. The van der Waals surface area contributed by atoms with Crippen molar-refractivity contribution in [3.8, 4) is 0 Å². The normalized spacial score (nSPS) is 14.0. The van der Waals surface area contributed by atoms with Gasteiger partial charge in [-0.3, -0.25) is 4.90 Å². The SMILES string of the molecule is CN(Cc1ccccc1)C[C@H](O)C[C@H](O)c1ccc(CO)cc1. The average Bonchev–Trinajstić information content (AvgIpc) is 2.55. The number of nitrogens with zero attached hydrogens (tertiary/aromatic N) is 1. The minimum absolute atomic E-state index is 0.0106. The molecule has 2 aromatic rings. The van der Waals surface area contributed by atoms with Crippen molar-refractivity contribution >= 4 is 0 Å². The zero-order valence-electron chi connectivity index (χ0n) is 13.5. The Morgan fingerprint density at radius 1 is 0.913 bits per heavy atom. The second-order valence-corrected chi connectivity index (χ2v) is 5.99. The number of aliphatic hydroxyl groups is 3. The number of aliphatic hydroxyl groups excluding tert-OH is 3. The lowest BCUT2D eigenvalue weighted by Crippen LogP contribution is -2.30. The molecule has 2 rings (SSSR count). The van der Waals surface area contributed by atoms with Gasteiger partial charge in [-0.15, -0.1) is 0 Å². The fraction of sp³-hybridized carbons (Fsp3) is 0.368. The highest BCUT2D eigenvalue weighted by Crippen LogP contribution is 2.19. The van der Waals surface area contributed by atoms with Gasteiger partial charge in [-0.25, -0.2) is 0 Å². The molecule has 2 atom stereocenters. The molecule has 0 heterocycles. The molecule has 0 aliphatic rings. The first-order valence-electron chi connectivity index (χ1n) is 7.86. The molecule has 0 radical (unpaired) electrons. The monoisotopic (exact) mass is 315 g/mol. The fourth-order valence-corrected chi connectivity index (χ4v) is 2.63. The van der Waals surface area contributed by atoms with Gasteiger partial charge in [0, 0.05) is 19.5 Å². The lowest BCUT2D eigenvalue weighted by Gasteiger charge is -2.22. The van der Waals surface area contributed by atoms with E-state index in [2.05, 4.69) is 12.1 Å². The minimum atomic E-state index is -0.706. The second-order valence-electron chi connectivity index (χ2n) is 5.99. The van der Waals surface area contributed by atoms with Crippen LogP contribution in [0, 0.1) is 0 Å². The molecule has 0 saturated carbocycles. The molecule has 0 amide bonds. The van der Waals surface area contributed by atoms with Crippen LogP contribution >= 0.6 is 0 Å². The van der Waals surface area contributed by atoms with Crippen molar-refractivity contribution in [1.29, 1.82) is 0 Å². The third-order valence-corrected chi connectivity index (χ3v) is 3.86. The molecule has 4 heteroatoms. The van der Waals surface area contributed by atoms with E-state index in [0.29, 0.717) is 6.54 Å². The molecular formula is C19H25NO3. The van der Waals surface area contributed by atoms with Crippen LogP contribution in [0.1, 0.15) is 29.2 Å². The van der Waals surface area contributed by atoms with E-state index in [-0.39, 0.29) is 13.0 Å². The Labute approximate surface area is 137 Å². The molecule has 0 fully saturated rings. The maximum absolute atomic E-state index is 10.2. The Morgan fingerprint density at radius 3 is 2.17 bits per heavy atom. The fourth-order valence-electron chi connectivity index (χ4n) is 2.63. The van der Waals surface area contributed by atoms with E-state index < -0.39 is 12.2 Å². The highest BCUT2D eigenvalue weighted by atomic mass is 16.3. The van der Waals surface area contributed by atoms with Crippen LogP contribution in [0.5, 0.6) is 0 Å². The van der Waals surface area contributed by atoms with Crippen LogP contribution in [0.3, 0.4) is 0 Å². The van der Waals surface area contributed by atoms with Gasteiger partial charge in [0.05, 0.1) is 18.8 Å². The van der Waals surface area contributed by atoms with Crippen LogP contribution in [0.2, 0.25) is 0 Å². The molecule has 0 saturated heterocycles. The van der Waals surface area contributed by atoms with Gasteiger partial charge in [-0.05, 0) is 23.7 Å². The van der Waals surface area contributed by atoms with Gasteiger partial charge in [0.15, 0.2) is 0 Å². The smallest absolute Gasteiger partial charge is 0.0815 e. The van der Waals surface area contributed by atoms with Crippen LogP contribution in [0.25, 0.3) is 0 Å². The van der Waals surface area contributed by atoms with Gasteiger partial charge >= 0.3 is 0 Å². The lowest BCUT2D eigenvalue weighted by atomic mass is 10.0. The van der Waals surface area contributed by atoms with E-state index in [0.717, 1.165) is 17.7 Å². The van der Waals surface area contributed by atoms with Crippen molar-refractivity contribution in [3.63, 3.8) is 0 Å². The van der Waals surface area contributed by atoms with E-state index >= 15 is 0 Å². The van der Waals surface area contributed by atoms with Gasteiger partial charge in [0.1, 0.15) is 0 Å². The zero-order chi connectivity index (χ0) is 16.7. The summed E-state index contributed by atoms with van der Waals surface area (Å²) >= 11 is 0. The van der Waals surface area contributed by atoms with Crippen LogP contribution in [0.4, 0.5) is 0 Å². The Bertz CT molecular complexity index is 571. The first-order valence-corrected chi connectivity index (χ1v) is 7.86. The predicted octanol–water partition coefficient (Wildman–Crippen LogP) is 2.10. The second kappa shape index (κ2) is 8.79. The third kappa shape index (κ3) is 5.77. The molecule has 0 unspecified atom stereocenters. The highest BCUT2D eigenvalue weighted by molar-refractivity contribution is 5.23. The van der Waals surface area contributed by atoms with Crippen LogP contribution < -0.4 is 0 Å². The zero-order valence-corrected chi connectivity index (χ0v) is 13.5. The number of rotatable bonds is 8. The summed E-state index contributed by atoms with van der Waals surface area (Å²) in [5.41, 5.74) is 2.76. The van der Waals surface area contributed by atoms with E-state index in [1.54, 1.807) is 24.3 Å². The van der Waals surface area contributed by atoms with Crippen molar-refractivity contribution in [2.24, 2.45) is 0 Å². The average molecular weight is 315 g/mol. The summed E-state index contributed by atoms with van der Waals surface area (Å²) < 4.78 is 0. The van der Waals surface area contributed by atoms with Crippen LogP contribution in [-0.2, 0) is 13.2 Å². The van der Waals surface area contributed by atoms with Gasteiger partial charge in [0.25, 0.3) is 0 Å². The highest BCUT2D eigenvalue weighted by Gasteiger charge is 2.15. The van der Waals surface area contributed by atoms with Crippen molar-refractivity contribution < 1.29 is 15.3 Å². The molecule has 3 N–H and O–H groups in total. The van der Waals surface area contributed by atoms with Gasteiger partial charge < -0.3 is 15.3 Å². The largest absolute Gasteiger partial charge is 0.392 e. The molecular weight excluding hydrogens is 290 g/mol. The first kappa shape index (κ1) is 17.6. The molecule has 23 heavy (non-hydrogen) atoms. The number of hydrogen-bond donors (Lipinski definition) is 3. The predicted molar refractivity (Wildman–Crippen MR) is 90.7 cm³/mol. The minimum Gasteiger partial charge on any atom is -0.392 e. The molecule has 0 bridgehead atoms. The first-order chi connectivity index (χ1) is 11.1. The topological polar surface area (TPSA) is 63.9 Å². The summed E-state index contributed by atoms with van der Waals surface area (Å²) in [5.74, 6) is 0. The quantitative estimate of drug-likeness (QED) is 0.698. The maximum atomic E-state index is 10.2. The summed E-state index contributed by atoms with van der Waals surface area (Å²) in [6.07, 6.45) is -1.02. The van der Waals surface area contributed by atoms with Crippen molar-refractivity contribution in [2.75, 3.05) is 13.6 Å². The van der Waals surface area contributed by atoms with E-state index in [9.17, 15) is 10.2 Å². The Morgan fingerprint density at radius 2 is 1.57 bits per heavy atom. The molecule has 0 aliphatic carbocycles. The Kier molecular flexibility index (Phi) is 6.74. The summed E-state index contributed by atoms with van der Waals surface area (Å²) in [7, 11) is 1.96. The molecule has 0 aromatic heterocycles. The number of hydrogen-bond acceptors (Lipinski definition) is 4. The lowest BCUT2D eigenvalue weighted by molar-refractivity contribution is 0.0580. The number of likely N-dealkylation sites (N-methyl/N-ethyl adjacent to an activating group) is 1. The molecule has 0 aliphatic heterocycles. The standard InChI is InChI=1S/C19H25NO3/c1-20(12-15-5-3-2-4-6-15)13-18(22)11-19(23)17-9-7-16(14-21)8-10-17/h2-10,18-19,21-23H,11-14H2,1H3/t18-,19+/m1/s1. The Hall–Kier alpha value is -1.72. The molecule has 4 nitrogen and oxygen atoms in total. The number of benzene rings is 2. The molecule has 0 spiro atoms. The van der Waals surface area contributed by atoms with E-state index in [1.165, 1.54) is 5.56 Å². The van der Waals surface area contributed by atoms with Crippen molar-refractivity contribution in [3.05, 3.63) is 71.3 Å². The summed E-state index contributed by atoms with van der Waals surface area (Å²) in [4.78, 5) is 2.04.